The van der Waals surface area contributed by atoms with Crippen LogP contribution in [0.1, 0.15) is 27.2 Å². The highest BCUT2D eigenvalue weighted by Gasteiger charge is 2.42. The van der Waals surface area contributed by atoms with E-state index in [1.807, 2.05) is 0 Å². The van der Waals surface area contributed by atoms with Crippen molar-refractivity contribution in [1.29, 1.82) is 1.34 Å². The molecule has 0 aromatic heterocycles. The van der Waals surface area contributed by atoms with Crippen LogP contribution in [0.3, 0.4) is 0 Å². The van der Waals surface area contributed by atoms with E-state index in [1.165, 1.54) is 12.0 Å². The summed E-state index contributed by atoms with van der Waals surface area (Å²) < 4.78 is 22.2. The Balaban J connectivity index is 2.73. The summed E-state index contributed by atoms with van der Waals surface area (Å²) in [5.74, 6) is -0.498. The van der Waals surface area contributed by atoms with Gasteiger partial charge in [-0.2, -0.15) is 0 Å². The lowest BCUT2D eigenvalue weighted by molar-refractivity contribution is -0.145. The Kier molecular flexibility index (Phi) is 4.98. The Bertz CT molecular complexity index is 365. The minimum absolute atomic E-state index is 0.232. The second kappa shape index (κ2) is 6.52. The van der Waals surface area contributed by atoms with Crippen molar-refractivity contribution >= 4 is 31.0 Å². The van der Waals surface area contributed by atoms with Crippen LogP contribution in [0, 0.1) is 0 Å². The summed E-state index contributed by atoms with van der Waals surface area (Å²) in [7, 11) is 2.32. The molecular formula is C11H19BNO5S. The lowest BCUT2D eigenvalue weighted by Gasteiger charge is -2.27. The summed E-state index contributed by atoms with van der Waals surface area (Å²) in [6, 6.07) is -0.716. The van der Waals surface area contributed by atoms with Crippen LogP contribution >= 0.6 is 11.9 Å². The predicted octanol–water partition coefficient (Wildman–Crippen LogP) is 1.02. The molecule has 0 bridgehead atoms. The van der Waals surface area contributed by atoms with Crippen molar-refractivity contribution in [2.45, 2.75) is 44.9 Å². The molecule has 2 atom stereocenters. The molecule has 1 saturated heterocycles. The summed E-state index contributed by atoms with van der Waals surface area (Å²) in [5, 5.41) is 0. The van der Waals surface area contributed by atoms with Gasteiger partial charge in [0.05, 0.1) is 19.8 Å². The molecule has 1 unspecified atom stereocenters. The first-order chi connectivity index (χ1) is 9.28. The highest BCUT2D eigenvalue weighted by molar-refractivity contribution is 8.15. The van der Waals surface area contributed by atoms with E-state index in [0.717, 1.165) is 19.0 Å². The first kappa shape index (κ1) is 14.5. The third-order valence-corrected chi connectivity index (χ3v) is 2.94. The van der Waals surface area contributed by atoms with Crippen LogP contribution < -0.4 is 0 Å². The molecule has 6 nitrogen and oxygen atoms in total. The second-order valence-electron chi connectivity index (χ2n) is 5.22. The lowest BCUT2D eigenvalue weighted by atomic mass is 10.2. The average molecular weight is 290 g/mol. The fraction of sp³-hybridized carbons (Fsp3) is 0.818. The molecule has 107 valence electrons. The molecule has 8 heteroatoms. The predicted molar refractivity (Wildman–Crippen MR) is 73.0 cm³/mol. The van der Waals surface area contributed by atoms with E-state index in [-0.39, 0.29) is 12.6 Å². The maximum absolute atomic E-state index is 12.1. The van der Waals surface area contributed by atoms with Gasteiger partial charge in [0.25, 0.3) is 0 Å². The number of esters is 1. The van der Waals surface area contributed by atoms with E-state index in [0.29, 0.717) is 6.42 Å². The largest absolute Gasteiger partial charge is 0.467 e. The maximum Gasteiger partial charge on any atom is 0.411 e. The lowest BCUT2D eigenvalue weighted by Crippen LogP contribution is -2.43. The van der Waals surface area contributed by atoms with Crippen LogP contribution in [0.15, 0.2) is 0 Å². The Morgan fingerprint density at radius 3 is 2.68 bits per heavy atom. The van der Waals surface area contributed by atoms with Crippen LogP contribution in [-0.4, -0.2) is 56.8 Å². The normalized spacial score (nSPS) is 23.8. The van der Waals surface area contributed by atoms with Crippen molar-refractivity contribution in [2.24, 2.45) is 0 Å². The zero-order valence-electron chi connectivity index (χ0n) is 12.5. The van der Waals surface area contributed by atoms with E-state index < -0.39 is 23.7 Å². The first-order valence-corrected chi connectivity index (χ1v) is 6.68. The van der Waals surface area contributed by atoms with E-state index in [1.54, 1.807) is 20.8 Å². The van der Waals surface area contributed by atoms with E-state index in [4.69, 9.17) is 15.0 Å². The molecule has 1 radical (unpaired) electrons. The quantitative estimate of drug-likeness (QED) is 0.437. The summed E-state index contributed by atoms with van der Waals surface area (Å²) in [4.78, 5) is 25.1. The number of likely N-dealkylation sites (tertiary alicyclic amines) is 1. The molecule has 1 fully saturated rings. The van der Waals surface area contributed by atoms with Crippen LogP contribution in [0.25, 0.3) is 0 Å². The van der Waals surface area contributed by atoms with Crippen LogP contribution in [0.5, 0.6) is 0 Å². The van der Waals surface area contributed by atoms with Gasteiger partial charge in [-0.3, -0.25) is 4.90 Å². The van der Waals surface area contributed by atoms with Crippen LogP contribution in [0.2, 0.25) is 0 Å². The number of amides is 1. The third kappa shape index (κ3) is 4.61. The van der Waals surface area contributed by atoms with Gasteiger partial charge in [0.2, 0.25) is 7.09 Å². The number of hydrogen-bond acceptors (Lipinski definition) is 6. The molecule has 1 heterocycles. The minimum Gasteiger partial charge on any atom is -0.467 e. The number of hydrogen-bond donors (Lipinski definition) is 0. The number of methoxy groups -OCH3 is 1. The SMILES string of the molecule is [3H][B]SOC1C[C@@H](C(=O)OC)N(C(=O)OC(C)(C)C)C1. The molecule has 1 amide bonds. The Labute approximate surface area is 120 Å². The summed E-state index contributed by atoms with van der Waals surface area (Å²) in [5.41, 5.74) is -0.638. The van der Waals surface area contributed by atoms with Gasteiger partial charge in [0.15, 0.2) is 0 Å². The van der Waals surface area contributed by atoms with Gasteiger partial charge in [-0.1, -0.05) is 11.9 Å². The summed E-state index contributed by atoms with van der Waals surface area (Å²) >= 11 is 0.864. The summed E-state index contributed by atoms with van der Waals surface area (Å²) in [6.45, 7) is 5.50. The number of carbonyl (C=O) groups excluding carboxylic acids is 2. The molecule has 0 spiro atoms. The van der Waals surface area contributed by atoms with Crippen molar-refractivity contribution in [2.75, 3.05) is 13.7 Å². The van der Waals surface area contributed by atoms with Crippen molar-refractivity contribution < 1.29 is 23.2 Å². The van der Waals surface area contributed by atoms with Gasteiger partial charge in [-0.05, 0) is 22.1 Å². The van der Waals surface area contributed by atoms with Gasteiger partial charge in [0.1, 0.15) is 11.6 Å². The van der Waals surface area contributed by atoms with Crippen LogP contribution in [-0.2, 0) is 18.5 Å². The maximum atomic E-state index is 12.1. The van der Waals surface area contributed by atoms with Crippen molar-refractivity contribution in [3.8, 4) is 0 Å². The number of rotatable bonds is 4. The fourth-order valence-electron chi connectivity index (χ4n) is 1.83. The molecule has 1 aliphatic heterocycles. The summed E-state index contributed by atoms with van der Waals surface area (Å²) in [6.07, 6.45) is -0.579. The highest BCUT2D eigenvalue weighted by atomic mass is 32.2. The fourth-order valence-corrected chi connectivity index (χ4v) is 2.12. The molecule has 1 aliphatic rings. The number of ether oxygens (including phenoxy) is 2. The molecule has 0 aromatic carbocycles. The molecular weight excluding hydrogens is 269 g/mol. The molecule has 0 N–H and O–H groups in total. The van der Waals surface area contributed by atoms with Crippen LogP contribution in [0.4, 0.5) is 4.79 Å². The standard InChI is InChI=1S/C11H19BNO5S/c1-11(2,3)17-10(15)13-6-7(18-19-12)5-8(13)9(14)16-4/h7-8,12H,5-6H2,1-4H3/t7?,8-/m0/s1/i12T. The Morgan fingerprint density at radius 1 is 1.47 bits per heavy atom. The Morgan fingerprint density at radius 2 is 2.16 bits per heavy atom. The van der Waals surface area contributed by atoms with Gasteiger partial charge < -0.3 is 13.7 Å². The third-order valence-electron chi connectivity index (χ3n) is 2.56. The number of nitrogens with zero attached hydrogens (tertiary/aromatic N) is 1. The second-order valence-corrected chi connectivity index (χ2v) is 5.61. The van der Waals surface area contributed by atoms with Gasteiger partial charge in [0, 0.05) is 6.42 Å². The topological polar surface area (TPSA) is 65.1 Å². The van der Waals surface area contributed by atoms with E-state index in [9.17, 15) is 9.59 Å². The minimum atomic E-state index is -0.716. The van der Waals surface area contributed by atoms with Crippen molar-refractivity contribution in [1.82, 2.24) is 4.90 Å². The average Bonchev–Trinajstić information content (AvgIpc) is 2.77. The van der Waals surface area contributed by atoms with Crippen molar-refractivity contribution in [3.05, 3.63) is 0 Å². The monoisotopic (exact) mass is 290 g/mol. The smallest absolute Gasteiger partial charge is 0.411 e. The van der Waals surface area contributed by atoms with Gasteiger partial charge in [-0.25, -0.2) is 9.59 Å². The molecule has 0 aliphatic carbocycles. The van der Waals surface area contributed by atoms with Gasteiger partial charge >= 0.3 is 12.1 Å². The zero-order chi connectivity index (χ0) is 15.3. The zero-order valence-corrected chi connectivity index (χ0v) is 12.4. The molecule has 1 rings (SSSR count). The molecule has 19 heavy (non-hydrogen) atoms. The van der Waals surface area contributed by atoms with E-state index >= 15 is 0 Å². The highest BCUT2D eigenvalue weighted by Crippen LogP contribution is 2.25. The number of carbonyl (C=O) groups is 2. The molecule has 0 saturated carbocycles. The first-order valence-electron chi connectivity index (χ1n) is 6.46. The molecule has 0 aromatic rings. The Hall–Kier alpha value is -0.885. The van der Waals surface area contributed by atoms with Crippen molar-refractivity contribution in [3.63, 3.8) is 0 Å². The van der Waals surface area contributed by atoms with E-state index in [2.05, 4.69) is 0 Å². The van der Waals surface area contributed by atoms with Gasteiger partial charge in [-0.15, -0.1) is 0 Å².